The molecule has 3 N–H and O–H groups in total. The molecular formula is C34H32N6O12. The summed E-state index contributed by atoms with van der Waals surface area (Å²) in [6, 6.07) is 7.92. The zero-order valence-electron chi connectivity index (χ0n) is 28.6. The molecule has 18 nitrogen and oxygen atoms in total. The Morgan fingerprint density at radius 3 is 1.52 bits per heavy atom. The molecule has 0 aliphatic rings. The number of aryl methyl sites for hydroxylation is 1. The smallest absolute Gasteiger partial charge is 0.340 e. The second kappa shape index (κ2) is 17.6. The van der Waals surface area contributed by atoms with E-state index >= 15 is 0 Å². The Morgan fingerprint density at radius 2 is 1.08 bits per heavy atom. The number of ketones is 2. The van der Waals surface area contributed by atoms with Crippen molar-refractivity contribution in [1.29, 1.82) is 0 Å². The summed E-state index contributed by atoms with van der Waals surface area (Å²) in [5.74, 6) is -6.96. The van der Waals surface area contributed by atoms with Crippen molar-refractivity contribution in [2.75, 3.05) is 32.0 Å². The van der Waals surface area contributed by atoms with E-state index in [1.54, 1.807) is 6.92 Å². The Labute approximate surface area is 295 Å². The second-order valence-corrected chi connectivity index (χ2v) is 10.7. The number of azo groups is 2. The summed E-state index contributed by atoms with van der Waals surface area (Å²) in [5, 5.41) is 29.7. The first kappa shape index (κ1) is 39.5. The molecule has 18 heteroatoms. The van der Waals surface area contributed by atoms with E-state index in [0.29, 0.717) is 5.56 Å². The summed E-state index contributed by atoms with van der Waals surface area (Å²) < 4.78 is 14.1. The Balaban J connectivity index is 1.82. The summed E-state index contributed by atoms with van der Waals surface area (Å²) in [5.41, 5.74) is -0.0808. The van der Waals surface area contributed by atoms with Gasteiger partial charge in [0.1, 0.15) is 11.4 Å². The molecule has 270 valence electrons. The zero-order chi connectivity index (χ0) is 38.7. The van der Waals surface area contributed by atoms with Crippen molar-refractivity contribution in [3.05, 3.63) is 82.4 Å². The third-order valence-electron chi connectivity index (χ3n) is 7.05. The number of hydrogen-bond acceptors (Lipinski definition) is 15. The van der Waals surface area contributed by atoms with Crippen LogP contribution in [0.2, 0.25) is 0 Å². The van der Waals surface area contributed by atoms with Crippen LogP contribution < -0.4 is 10.6 Å². The molecule has 0 bridgehead atoms. The van der Waals surface area contributed by atoms with E-state index in [1.807, 2.05) is 0 Å². The van der Waals surface area contributed by atoms with Crippen LogP contribution in [0.25, 0.3) is 0 Å². The van der Waals surface area contributed by atoms with Gasteiger partial charge in [0.25, 0.3) is 11.8 Å². The third kappa shape index (κ3) is 9.80. The summed E-state index contributed by atoms with van der Waals surface area (Å²) in [6.45, 7) is 3.75. The standard InChI is InChI=1S/C34H32N6O12/c1-16-13-21(35-29(43)27(17(2)41)39-37-25-14-19(31(45)46)7-10-22(25)33(48)51-5)9-12-24(16)36-30(44)28(18(3)42)40-38-26-15-20(32(47)50-4)8-11-23(26)34(49)52-6/h7-15,27-28H,1-6H3,(H,35,43)(H,36,44)(H,45,46). The lowest BCUT2D eigenvalue weighted by atomic mass is 10.1. The fraction of sp³-hybridized carbons (Fsp3) is 0.235. The number of rotatable bonds is 14. The van der Waals surface area contributed by atoms with Crippen LogP contribution in [0.15, 0.2) is 75.1 Å². The van der Waals surface area contributed by atoms with Gasteiger partial charge < -0.3 is 30.0 Å². The number of Topliss-reactive ketones (excluding diaryl/α,β-unsaturated/α-hetero) is 2. The highest BCUT2D eigenvalue weighted by molar-refractivity contribution is 6.11. The number of esters is 3. The van der Waals surface area contributed by atoms with Gasteiger partial charge in [-0.25, -0.2) is 19.2 Å². The molecule has 0 fully saturated rings. The van der Waals surface area contributed by atoms with Crippen molar-refractivity contribution in [1.82, 2.24) is 0 Å². The van der Waals surface area contributed by atoms with Crippen LogP contribution in [0.1, 0.15) is 60.8 Å². The summed E-state index contributed by atoms with van der Waals surface area (Å²) >= 11 is 0. The molecule has 0 aliphatic heterocycles. The van der Waals surface area contributed by atoms with Crippen LogP contribution in [-0.2, 0) is 33.4 Å². The average molecular weight is 717 g/mol. The van der Waals surface area contributed by atoms with Crippen molar-refractivity contribution in [2.24, 2.45) is 20.5 Å². The summed E-state index contributed by atoms with van der Waals surface area (Å²) in [6.07, 6.45) is 0. The molecule has 52 heavy (non-hydrogen) atoms. The van der Waals surface area contributed by atoms with Gasteiger partial charge in [-0.3, -0.25) is 19.2 Å². The van der Waals surface area contributed by atoms with E-state index in [4.69, 9.17) is 4.74 Å². The van der Waals surface area contributed by atoms with Gasteiger partial charge in [0, 0.05) is 11.4 Å². The van der Waals surface area contributed by atoms with Crippen LogP contribution in [0.3, 0.4) is 0 Å². The Bertz CT molecular complexity index is 2020. The summed E-state index contributed by atoms with van der Waals surface area (Å²) in [7, 11) is 3.39. The normalized spacial score (nSPS) is 12.0. The second-order valence-electron chi connectivity index (χ2n) is 10.7. The van der Waals surface area contributed by atoms with E-state index in [-0.39, 0.29) is 45.0 Å². The van der Waals surface area contributed by atoms with Gasteiger partial charge in [0.05, 0.1) is 43.6 Å². The van der Waals surface area contributed by atoms with Crippen LogP contribution in [0, 0.1) is 6.92 Å². The van der Waals surface area contributed by atoms with Crippen molar-refractivity contribution in [3.8, 4) is 0 Å². The quantitative estimate of drug-likeness (QED) is 0.0907. The highest BCUT2D eigenvalue weighted by Crippen LogP contribution is 2.26. The maximum absolute atomic E-state index is 13.1. The largest absolute Gasteiger partial charge is 0.478 e. The van der Waals surface area contributed by atoms with Gasteiger partial charge in [-0.2, -0.15) is 20.5 Å². The van der Waals surface area contributed by atoms with Crippen LogP contribution in [-0.4, -0.2) is 85.8 Å². The minimum absolute atomic E-state index is 0.0200. The maximum Gasteiger partial charge on any atom is 0.340 e. The summed E-state index contributed by atoms with van der Waals surface area (Å²) in [4.78, 5) is 98.7. The van der Waals surface area contributed by atoms with E-state index < -0.39 is 59.3 Å². The van der Waals surface area contributed by atoms with Crippen LogP contribution >= 0.6 is 0 Å². The molecule has 2 atom stereocenters. The fourth-order valence-electron chi connectivity index (χ4n) is 4.34. The van der Waals surface area contributed by atoms with Gasteiger partial charge in [0.2, 0.25) is 12.1 Å². The first-order valence-electron chi connectivity index (χ1n) is 14.9. The monoisotopic (exact) mass is 716 g/mol. The maximum atomic E-state index is 13.1. The molecule has 0 aliphatic carbocycles. The number of aromatic carboxylic acids is 1. The minimum Gasteiger partial charge on any atom is -0.478 e. The number of ether oxygens (including phenoxy) is 3. The predicted molar refractivity (Wildman–Crippen MR) is 180 cm³/mol. The Hall–Kier alpha value is -6.98. The first-order chi connectivity index (χ1) is 24.6. The lowest BCUT2D eigenvalue weighted by Gasteiger charge is -2.14. The van der Waals surface area contributed by atoms with Gasteiger partial charge in [-0.1, -0.05) is 0 Å². The highest BCUT2D eigenvalue weighted by Gasteiger charge is 2.26. The van der Waals surface area contributed by atoms with Crippen molar-refractivity contribution >= 4 is 70.0 Å². The molecule has 0 saturated heterocycles. The molecule has 3 rings (SSSR count). The molecule has 3 aromatic carbocycles. The molecule has 2 amide bonds. The Kier molecular flexibility index (Phi) is 13.4. The lowest BCUT2D eigenvalue weighted by molar-refractivity contribution is -0.127. The van der Waals surface area contributed by atoms with E-state index in [2.05, 4.69) is 40.6 Å². The van der Waals surface area contributed by atoms with Crippen LogP contribution in [0.5, 0.6) is 0 Å². The van der Waals surface area contributed by atoms with E-state index in [9.17, 15) is 43.5 Å². The number of anilines is 2. The molecule has 3 aromatic rings. The predicted octanol–water partition coefficient (Wildman–Crippen LogP) is 4.41. The van der Waals surface area contributed by atoms with Gasteiger partial charge >= 0.3 is 23.9 Å². The molecule has 0 spiro atoms. The zero-order valence-corrected chi connectivity index (χ0v) is 28.6. The van der Waals surface area contributed by atoms with E-state index in [1.165, 1.54) is 36.4 Å². The number of carboxylic acid groups (broad SMARTS) is 1. The highest BCUT2D eigenvalue weighted by atomic mass is 16.5. The number of nitrogens with zero attached hydrogens (tertiary/aromatic N) is 4. The number of amides is 2. The fourth-order valence-corrected chi connectivity index (χ4v) is 4.34. The average Bonchev–Trinajstić information content (AvgIpc) is 3.11. The van der Waals surface area contributed by atoms with Crippen molar-refractivity contribution in [2.45, 2.75) is 32.9 Å². The van der Waals surface area contributed by atoms with Gasteiger partial charge in [0.15, 0.2) is 11.6 Å². The molecule has 0 heterocycles. The number of nitrogens with one attached hydrogen (secondary N) is 2. The van der Waals surface area contributed by atoms with Gasteiger partial charge in [-0.05, 0) is 80.9 Å². The number of benzene rings is 3. The van der Waals surface area contributed by atoms with Crippen molar-refractivity contribution in [3.63, 3.8) is 0 Å². The number of hydrogen-bond donors (Lipinski definition) is 3. The topological polar surface area (TPSA) is 258 Å². The third-order valence-corrected chi connectivity index (χ3v) is 7.05. The molecule has 0 aromatic heterocycles. The number of carbonyl (C=O) groups is 8. The lowest BCUT2D eigenvalue weighted by Crippen LogP contribution is -2.32. The van der Waals surface area contributed by atoms with Crippen LogP contribution in [0.4, 0.5) is 22.7 Å². The first-order valence-corrected chi connectivity index (χ1v) is 14.9. The molecular weight excluding hydrogens is 684 g/mol. The number of carbonyl (C=O) groups excluding carboxylic acids is 7. The molecule has 0 saturated carbocycles. The van der Waals surface area contributed by atoms with Crippen molar-refractivity contribution < 1.29 is 57.7 Å². The Morgan fingerprint density at radius 1 is 0.615 bits per heavy atom. The SMILES string of the molecule is COC(=O)c1ccc(C(=O)OC)c(N=NC(C(C)=O)C(=O)Nc2ccc(NC(=O)C(N=Nc3cc(C(=O)O)ccc3C(=O)OC)C(C)=O)cc2C)c1. The molecule has 0 radical (unpaired) electrons. The van der Waals surface area contributed by atoms with Gasteiger partial charge in [-0.15, -0.1) is 0 Å². The minimum atomic E-state index is -1.70. The number of carboxylic acids is 1. The molecule has 2 unspecified atom stereocenters. The van der Waals surface area contributed by atoms with E-state index in [0.717, 1.165) is 53.4 Å². The number of methoxy groups -OCH3 is 3.